The summed E-state index contributed by atoms with van der Waals surface area (Å²) < 4.78 is 45.1. The fourth-order valence-corrected chi connectivity index (χ4v) is 3.64. The molecule has 1 aliphatic heterocycles. The SMILES string of the molecule is CCCCCOC(=O)Nc1ccn([C@@H]2O[C@H](COC(=O)CCC(=O)Nc3ccccc3)CC2(F)F)c(=O)n1. The van der Waals surface area contributed by atoms with Gasteiger partial charge in [0.15, 0.2) is 0 Å². The fourth-order valence-electron chi connectivity index (χ4n) is 3.64. The number of benzene rings is 1. The number of ether oxygens (including phenoxy) is 3. The maximum atomic E-state index is 14.6. The maximum Gasteiger partial charge on any atom is 0.412 e. The number of rotatable bonds is 12. The average molecular weight is 537 g/mol. The number of amides is 2. The van der Waals surface area contributed by atoms with E-state index in [0.717, 1.165) is 19.0 Å². The Labute approximate surface area is 217 Å². The number of carbonyl (C=O) groups is 3. The highest BCUT2D eigenvalue weighted by Gasteiger charge is 2.52. The zero-order chi connectivity index (χ0) is 27.5. The first kappa shape index (κ1) is 28.7. The summed E-state index contributed by atoms with van der Waals surface area (Å²) >= 11 is 0. The topological polar surface area (TPSA) is 138 Å². The monoisotopic (exact) mass is 536 g/mol. The van der Waals surface area contributed by atoms with E-state index in [-0.39, 0.29) is 25.3 Å². The standard InChI is InChI=1S/C25H30F2N4O7/c1-2-3-7-14-36-24(35)30-19-12-13-31(23(34)29-19)22-25(26,27)15-18(38-22)16-37-21(33)11-10-20(32)28-17-8-5-4-6-9-17/h4-6,8-9,12-13,18,22H,2-3,7,10-11,14-16H2,1H3,(H,28,32)(H,29,30,34,35)/t18-,22+/m0/s1. The lowest BCUT2D eigenvalue weighted by Gasteiger charge is -2.20. The molecule has 2 atom stereocenters. The van der Waals surface area contributed by atoms with Gasteiger partial charge in [-0.05, 0) is 24.6 Å². The third-order valence-electron chi connectivity index (χ3n) is 5.52. The van der Waals surface area contributed by atoms with Crippen LogP contribution in [0, 0.1) is 0 Å². The lowest BCUT2D eigenvalue weighted by Crippen LogP contribution is -2.35. The van der Waals surface area contributed by atoms with Gasteiger partial charge in [-0.25, -0.2) is 18.4 Å². The summed E-state index contributed by atoms with van der Waals surface area (Å²) in [7, 11) is 0. The van der Waals surface area contributed by atoms with E-state index in [9.17, 15) is 28.0 Å². The Kier molecular flexibility index (Phi) is 10.3. The summed E-state index contributed by atoms with van der Waals surface area (Å²) in [4.78, 5) is 51.7. The molecule has 1 fully saturated rings. The Morgan fingerprint density at radius 1 is 1.11 bits per heavy atom. The number of nitrogens with one attached hydrogen (secondary N) is 2. The van der Waals surface area contributed by atoms with Crippen molar-refractivity contribution in [3.8, 4) is 0 Å². The van der Waals surface area contributed by atoms with Crippen LogP contribution in [0.2, 0.25) is 0 Å². The van der Waals surface area contributed by atoms with E-state index in [1.165, 1.54) is 6.07 Å². The Morgan fingerprint density at radius 3 is 2.58 bits per heavy atom. The number of unbranched alkanes of at least 4 members (excludes halogenated alkanes) is 2. The summed E-state index contributed by atoms with van der Waals surface area (Å²) in [5.41, 5.74) is -0.491. The fraction of sp³-hybridized carbons (Fsp3) is 0.480. The van der Waals surface area contributed by atoms with Crippen LogP contribution in [0.15, 0.2) is 47.4 Å². The van der Waals surface area contributed by atoms with Gasteiger partial charge < -0.3 is 19.5 Å². The van der Waals surface area contributed by atoms with Crippen molar-refractivity contribution in [3.05, 3.63) is 53.1 Å². The molecule has 2 aromatic rings. The number of anilines is 2. The van der Waals surface area contributed by atoms with Gasteiger partial charge in [0.2, 0.25) is 12.1 Å². The van der Waals surface area contributed by atoms with Crippen LogP contribution in [0.5, 0.6) is 0 Å². The smallest absolute Gasteiger partial charge is 0.412 e. The molecule has 2 N–H and O–H groups in total. The highest BCUT2D eigenvalue weighted by molar-refractivity contribution is 5.92. The molecule has 11 nitrogen and oxygen atoms in total. The third-order valence-corrected chi connectivity index (χ3v) is 5.52. The lowest BCUT2D eigenvalue weighted by molar-refractivity contribution is -0.151. The van der Waals surface area contributed by atoms with Crippen LogP contribution in [-0.4, -0.2) is 52.8 Å². The van der Waals surface area contributed by atoms with Crippen LogP contribution < -0.4 is 16.3 Å². The zero-order valence-electron chi connectivity index (χ0n) is 20.9. The van der Waals surface area contributed by atoms with Crippen molar-refractivity contribution >= 4 is 29.5 Å². The lowest BCUT2D eigenvalue weighted by atomic mass is 10.2. The van der Waals surface area contributed by atoms with Crippen molar-refractivity contribution in [1.29, 1.82) is 0 Å². The van der Waals surface area contributed by atoms with Gasteiger partial charge in [0.25, 0.3) is 5.92 Å². The molecule has 0 radical (unpaired) electrons. The van der Waals surface area contributed by atoms with Crippen molar-refractivity contribution in [2.75, 3.05) is 23.8 Å². The molecular weight excluding hydrogens is 506 g/mol. The minimum absolute atomic E-state index is 0.147. The van der Waals surface area contributed by atoms with Crippen molar-refractivity contribution in [3.63, 3.8) is 0 Å². The largest absolute Gasteiger partial charge is 0.463 e. The van der Waals surface area contributed by atoms with Crippen LogP contribution >= 0.6 is 0 Å². The molecule has 1 aromatic carbocycles. The molecule has 0 unspecified atom stereocenters. The van der Waals surface area contributed by atoms with E-state index in [1.807, 2.05) is 6.92 Å². The van der Waals surface area contributed by atoms with Crippen LogP contribution in [0.3, 0.4) is 0 Å². The van der Waals surface area contributed by atoms with Gasteiger partial charge in [-0.2, -0.15) is 4.98 Å². The van der Waals surface area contributed by atoms with E-state index in [1.54, 1.807) is 30.3 Å². The number of esters is 1. The minimum Gasteiger partial charge on any atom is -0.463 e. The average Bonchev–Trinajstić information content (AvgIpc) is 3.18. The molecule has 3 rings (SSSR count). The van der Waals surface area contributed by atoms with E-state index in [0.29, 0.717) is 16.7 Å². The van der Waals surface area contributed by atoms with E-state index >= 15 is 0 Å². The highest BCUT2D eigenvalue weighted by Crippen LogP contribution is 2.42. The maximum absolute atomic E-state index is 14.6. The zero-order valence-corrected chi connectivity index (χ0v) is 20.9. The second kappa shape index (κ2) is 13.6. The molecule has 2 heterocycles. The van der Waals surface area contributed by atoms with Crippen molar-refractivity contribution in [2.45, 2.75) is 63.7 Å². The molecule has 2 amide bonds. The Bertz CT molecular complexity index is 1160. The van der Waals surface area contributed by atoms with E-state index in [2.05, 4.69) is 15.6 Å². The second-order valence-corrected chi connectivity index (χ2v) is 8.64. The van der Waals surface area contributed by atoms with Gasteiger partial charge in [-0.1, -0.05) is 38.0 Å². The molecule has 38 heavy (non-hydrogen) atoms. The Balaban J connectivity index is 1.47. The summed E-state index contributed by atoms with van der Waals surface area (Å²) in [6.45, 7) is 1.73. The van der Waals surface area contributed by atoms with Gasteiger partial charge >= 0.3 is 17.8 Å². The number of halogens is 2. The van der Waals surface area contributed by atoms with Gasteiger partial charge in [-0.3, -0.25) is 19.5 Å². The number of nitrogens with zero attached hydrogens (tertiary/aromatic N) is 2. The molecule has 1 aliphatic rings. The van der Waals surface area contributed by atoms with Gasteiger partial charge in [-0.15, -0.1) is 0 Å². The quantitative estimate of drug-likeness (QED) is 0.308. The normalized spacial score (nSPS) is 18.0. The van der Waals surface area contributed by atoms with E-state index < -0.39 is 54.9 Å². The van der Waals surface area contributed by atoms with Gasteiger partial charge in [0.1, 0.15) is 18.5 Å². The van der Waals surface area contributed by atoms with Crippen molar-refractivity contribution in [1.82, 2.24) is 9.55 Å². The summed E-state index contributed by atoms with van der Waals surface area (Å²) in [5.74, 6) is -4.76. The number of alkyl halides is 2. The molecule has 13 heteroatoms. The Morgan fingerprint density at radius 2 is 1.87 bits per heavy atom. The predicted octanol–water partition coefficient (Wildman–Crippen LogP) is 3.87. The molecule has 0 spiro atoms. The highest BCUT2D eigenvalue weighted by atomic mass is 19.3. The van der Waals surface area contributed by atoms with Crippen LogP contribution in [0.25, 0.3) is 0 Å². The number of aromatic nitrogens is 2. The first-order valence-corrected chi connectivity index (χ1v) is 12.2. The molecule has 206 valence electrons. The predicted molar refractivity (Wildman–Crippen MR) is 132 cm³/mol. The molecule has 0 aliphatic carbocycles. The number of para-hydroxylation sites is 1. The van der Waals surface area contributed by atoms with Crippen LogP contribution in [0.1, 0.15) is 51.7 Å². The van der Waals surface area contributed by atoms with Crippen molar-refractivity contribution < 1.29 is 37.4 Å². The summed E-state index contributed by atoms with van der Waals surface area (Å²) in [6, 6.07) is 9.84. The second-order valence-electron chi connectivity index (χ2n) is 8.64. The van der Waals surface area contributed by atoms with Crippen molar-refractivity contribution in [2.24, 2.45) is 0 Å². The van der Waals surface area contributed by atoms with Crippen LogP contribution in [-0.2, 0) is 23.8 Å². The summed E-state index contributed by atoms with van der Waals surface area (Å²) in [5, 5.41) is 4.90. The first-order valence-electron chi connectivity index (χ1n) is 12.2. The molecule has 0 bridgehead atoms. The molecule has 1 saturated heterocycles. The molecule has 0 saturated carbocycles. The molecular formula is C25H30F2N4O7. The Hall–Kier alpha value is -3.87. The number of carbonyl (C=O) groups excluding carboxylic acids is 3. The number of hydrogen-bond donors (Lipinski definition) is 2. The summed E-state index contributed by atoms with van der Waals surface area (Å²) in [6.07, 6.45) is -1.59. The minimum atomic E-state index is -3.45. The van der Waals surface area contributed by atoms with Gasteiger partial charge in [0, 0.05) is 24.7 Å². The number of hydrogen-bond acceptors (Lipinski definition) is 8. The first-order chi connectivity index (χ1) is 18.2. The van der Waals surface area contributed by atoms with E-state index in [4.69, 9.17) is 14.2 Å². The van der Waals surface area contributed by atoms with Gasteiger partial charge in [0.05, 0.1) is 13.0 Å². The molecule has 1 aromatic heterocycles. The van der Waals surface area contributed by atoms with Crippen LogP contribution in [0.4, 0.5) is 25.1 Å². The third kappa shape index (κ3) is 8.61.